The molecule has 1 aliphatic carbocycles. The van der Waals surface area contributed by atoms with Crippen LogP contribution in [0.2, 0.25) is 5.02 Å². The highest BCUT2D eigenvalue weighted by atomic mass is 35.5. The molecule has 0 spiro atoms. The van der Waals surface area contributed by atoms with Crippen molar-refractivity contribution in [1.82, 2.24) is 14.8 Å². The second-order valence-corrected chi connectivity index (χ2v) is 6.68. The first-order valence-electron chi connectivity index (χ1n) is 5.84. The van der Waals surface area contributed by atoms with Crippen LogP contribution in [-0.4, -0.2) is 29.1 Å². The molecule has 0 radical (unpaired) electrons. The number of aromatic nitrogens is 3. The second kappa shape index (κ2) is 4.63. The lowest BCUT2D eigenvalue weighted by molar-refractivity contribution is 0.0981. The molecule has 0 saturated heterocycles. The molecule has 1 atom stereocenters. The number of pyridine rings is 1. The summed E-state index contributed by atoms with van der Waals surface area (Å²) >= 11 is 5.70. The van der Waals surface area contributed by atoms with E-state index in [1.165, 1.54) is 24.7 Å². The highest BCUT2D eigenvalue weighted by Gasteiger charge is 2.59. The molecule has 1 unspecified atom stereocenters. The molecule has 0 aliphatic heterocycles. The first-order valence-corrected chi connectivity index (χ1v) is 7.70. The van der Waals surface area contributed by atoms with Crippen LogP contribution in [0.1, 0.15) is 12.5 Å². The van der Waals surface area contributed by atoms with Crippen molar-refractivity contribution in [3.05, 3.63) is 35.7 Å². The van der Waals surface area contributed by atoms with Crippen molar-refractivity contribution in [3.8, 4) is 0 Å². The third-order valence-corrected chi connectivity index (χ3v) is 4.41. The summed E-state index contributed by atoms with van der Waals surface area (Å²) in [5.74, 6) is -2.82. The van der Waals surface area contributed by atoms with E-state index in [1.807, 2.05) is 0 Å². The minimum Gasteiger partial charge on any atom is -0.277 e. The van der Waals surface area contributed by atoms with E-state index in [1.54, 1.807) is 0 Å². The molecule has 0 aromatic carbocycles. The summed E-state index contributed by atoms with van der Waals surface area (Å²) in [6.07, 6.45) is 3.51. The first-order chi connectivity index (χ1) is 9.78. The molecule has 2 heterocycles. The van der Waals surface area contributed by atoms with Gasteiger partial charge in [-0.25, -0.2) is 8.78 Å². The largest absolute Gasteiger partial charge is 0.281 e. The van der Waals surface area contributed by atoms with E-state index >= 15 is 0 Å². The molecule has 1 saturated carbocycles. The maximum atomic E-state index is 12.9. The minimum atomic E-state index is -3.98. The Balaban J connectivity index is 1.82. The molecule has 1 aliphatic rings. The number of sulfonamides is 1. The average Bonchev–Trinajstić information content (AvgIpc) is 2.83. The maximum absolute atomic E-state index is 12.9. The van der Waals surface area contributed by atoms with E-state index in [0.717, 1.165) is 10.7 Å². The molecule has 0 bridgehead atoms. The number of hydrogen-bond donors (Lipinski definition) is 1. The summed E-state index contributed by atoms with van der Waals surface area (Å²) in [6, 6.07) is 1.46. The Morgan fingerprint density at radius 1 is 1.43 bits per heavy atom. The summed E-state index contributed by atoms with van der Waals surface area (Å²) in [4.78, 5) is 3.74. The number of alkyl halides is 2. The predicted octanol–water partition coefficient (Wildman–Crippen LogP) is 2.31. The van der Waals surface area contributed by atoms with Crippen molar-refractivity contribution in [1.29, 1.82) is 0 Å². The van der Waals surface area contributed by atoms with Gasteiger partial charge in [-0.1, -0.05) is 11.6 Å². The lowest BCUT2D eigenvalue weighted by atomic mass is 10.4. The third-order valence-electron chi connectivity index (χ3n) is 2.93. The standard InChI is InChI=1S/C11H9ClF2N4O2S/c12-7-3-8(6-15-5-7)17-21(19,20)10-1-2-18(16-10)9-4-11(9,13)14/h1-3,5-6,9,17H,4H2. The number of hydrogen-bond acceptors (Lipinski definition) is 4. The van der Waals surface area contributed by atoms with Crippen LogP contribution in [0.5, 0.6) is 0 Å². The summed E-state index contributed by atoms with van der Waals surface area (Å²) < 4.78 is 53.2. The van der Waals surface area contributed by atoms with Crippen molar-refractivity contribution in [2.45, 2.75) is 23.4 Å². The van der Waals surface area contributed by atoms with Gasteiger partial charge in [-0.2, -0.15) is 13.5 Å². The normalized spacial score (nSPS) is 20.2. The van der Waals surface area contributed by atoms with Gasteiger partial charge < -0.3 is 0 Å². The molecule has 1 N–H and O–H groups in total. The summed E-state index contributed by atoms with van der Waals surface area (Å²) in [5, 5.41) is 3.61. The quantitative estimate of drug-likeness (QED) is 0.930. The Morgan fingerprint density at radius 2 is 2.14 bits per heavy atom. The molecule has 1 fully saturated rings. The highest BCUT2D eigenvalue weighted by molar-refractivity contribution is 7.92. The fourth-order valence-electron chi connectivity index (χ4n) is 1.80. The molecule has 112 valence electrons. The van der Waals surface area contributed by atoms with Gasteiger partial charge in [0.1, 0.15) is 6.04 Å². The Labute approximate surface area is 123 Å². The van der Waals surface area contributed by atoms with Crippen LogP contribution in [0, 0.1) is 0 Å². The van der Waals surface area contributed by atoms with Crippen LogP contribution < -0.4 is 4.72 Å². The lowest BCUT2D eigenvalue weighted by Gasteiger charge is -2.05. The van der Waals surface area contributed by atoms with Crippen LogP contribution in [0.15, 0.2) is 35.7 Å². The van der Waals surface area contributed by atoms with Crippen molar-refractivity contribution < 1.29 is 17.2 Å². The van der Waals surface area contributed by atoms with E-state index < -0.39 is 22.0 Å². The van der Waals surface area contributed by atoms with Gasteiger partial charge in [-0.3, -0.25) is 14.4 Å². The van der Waals surface area contributed by atoms with Gasteiger partial charge in [0, 0.05) is 18.8 Å². The smallest absolute Gasteiger partial charge is 0.277 e. The molecular weight excluding hydrogens is 326 g/mol. The zero-order chi connectivity index (χ0) is 15.3. The van der Waals surface area contributed by atoms with Crippen molar-refractivity contribution >= 4 is 27.3 Å². The molecule has 10 heteroatoms. The lowest BCUT2D eigenvalue weighted by Crippen LogP contribution is -2.14. The van der Waals surface area contributed by atoms with Gasteiger partial charge in [-0.05, 0) is 12.1 Å². The summed E-state index contributed by atoms with van der Waals surface area (Å²) in [6.45, 7) is 0. The highest BCUT2D eigenvalue weighted by Crippen LogP contribution is 2.52. The number of rotatable bonds is 4. The van der Waals surface area contributed by atoms with E-state index in [0.29, 0.717) is 0 Å². The van der Waals surface area contributed by atoms with Crippen molar-refractivity contribution in [2.75, 3.05) is 4.72 Å². The Bertz CT molecular complexity index is 793. The fraction of sp³-hybridized carbons (Fsp3) is 0.273. The maximum Gasteiger partial charge on any atom is 0.281 e. The van der Waals surface area contributed by atoms with Crippen LogP contribution in [0.25, 0.3) is 0 Å². The number of nitrogens with one attached hydrogen (secondary N) is 1. The summed E-state index contributed by atoms with van der Waals surface area (Å²) in [7, 11) is -3.98. The third kappa shape index (κ3) is 2.84. The zero-order valence-corrected chi connectivity index (χ0v) is 11.9. The van der Waals surface area contributed by atoms with Crippen molar-refractivity contribution in [3.63, 3.8) is 0 Å². The van der Waals surface area contributed by atoms with Gasteiger partial charge >= 0.3 is 0 Å². The number of halogens is 3. The first kappa shape index (κ1) is 14.2. The van der Waals surface area contributed by atoms with Crippen LogP contribution in [-0.2, 0) is 10.0 Å². The Morgan fingerprint density at radius 3 is 2.76 bits per heavy atom. The molecule has 0 amide bonds. The molecule has 3 rings (SSSR count). The van der Waals surface area contributed by atoms with E-state index in [4.69, 9.17) is 11.6 Å². The topological polar surface area (TPSA) is 76.9 Å². The van der Waals surface area contributed by atoms with Gasteiger partial charge in [0.2, 0.25) is 0 Å². The van der Waals surface area contributed by atoms with Crippen molar-refractivity contribution in [2.24, 2.45) is 0 Å². The monoisotopic (exact) mass is 334 g/mol. The van der Waals surface area contributed by atoms with E-state index in [-0.39, 0.29) is 22.2 Å². The van der Waals surface area contributed by atoms with Gasteiger partial charge in [-0.15, -0.1) is 0 Å². The molecule has 6 nitrogen and oxygen atoms in total. The average molecular weight is 335 g/mol. The van der Waals surface area contributed by atoms with E-state index in [2.05, 4.69) is 14.8 Å². The molecule has 21 heavy (non-hydrogen) atoms. The number of anilines is 1. The molecule has 2 aromatic heterocycles. The van der Waals surface area contributed by atoms with Gasteiger partial charge in [0.05, 0.1) is 16.9 Å². The van der Waals surface area contributed by atoms with Gasteiger partial charge in [0.15, 0.2) is 5.03 Å². The Kier molecular flexibility index (Phi) is 3.14. The molecular formula is C11H9ClF2N4O2S. The fourth-order valence-corrected chi connectivity index (χ4v) is 2.94. The molecule has 2 aromatic rings. The van der Waals surface area contributed by atoms with Crippen LogP contribution in [0.3, 0.4) is 0 Å². The van der Waals surface area contributed by atoms with Gasteiger partial charge in [0.25, 0.3) is 15.9 Å². The summed E-state index contributed by atoms with van der Waals surface area (Å²) in [5.41, 5.74) is 0.161. The number of nitrogens with zero attached hydrogens (tertiary/aromatic N) is 3. The minimum absolute atomic E-state index is 0.161. The van der Waals surface area contributed by atoms with Crippen LogP contribution in [0.4, 0.5) is 14.5 Å². The van der Waals surface area contributed by atoms with E-state index in [9.17, 15) is 17.2 Å². The SMILES string of the molecule is O=S(=O)(Nc1cncc(Cl)c1)c1ccn(C2CC2(F)F)n1. The Hall–Kier alpha value is -1.74. The van der Waals surface area contributed by atoms with Crippen LogP contribution >= 0.6 is 11.6 Å². The second-order valence-electron chi connectivity index (χ2n) is 4.61. The predicted molar refractivity (Wildman–Crippen MR) is 70.9 cm³/mol. The zero-order valence-electron chi connectivity index (χ0n) is 10.4.